The number of hydrogen-bond donors (Lipinski definition) is 0. The minimum atomic E-state index is 0. The van der Waals surface area contributed by atoms with E-state index in [1.54, 1.807) is 0 Å². The van der Waals surface area contributed by atoms with Crippen LogP contribution in [0.3, 0.4) is 0 Å². The Kier molecular flexibility index (Phi) is 13.7. The molecule has 0 amide bonds. The van der Waals surface area contributed by atoms with Gasteiger partial charge in [-0.3, -0.25) is 4.98 Å². The summed E-state index contributed by atoms with van der Waals surface area (Å²) in [5.41, 5.74) is 2.08. The van der Waals surface area contributed by atoms with Gasteiger partial charge in [-0.1, -0.05) is 81.7 Å². The smallest absolute Gasteiger partial charge is 0 e. The zero-order valence-electron chi connectivity index (χ0n) is 20.6. The maximum Gasteiger partial charge on any atom is 0 e. The van der Waals surface area contributed by atoms with Gasteiger partial charge in [-0.25, -0.2) is 0 Å². The Morgan fingerprint density at radius 1 is 0.800 bits per heavy atom. The predicted octanol–water partition coefficient (Wildman–Crippen LogP) is 9.81. The number of aromatic nitrogens is 1. The van der Waals surface area contributed by atoms with E-state index in [2.05, 4.69) is 31.4 Å². The fourth-order valence-corrected chi connectivity index (χ4v) is 5.54. The summed E-state index contributed by atoms with van der Waals surface area (Å²) in [6.45, 7) is 9.63. The van der Waals surface area contributed by atoms with Crippen LogP contribution in [0.5, 0.6) is 0 Å². The molecule has 0 spiro atoms. The van der Waals surface area contributed by atoms with Gasteiger partial charge in [-0.15, -0.1) is 13.2 Å². The van der Waals surface area contributed by atoms with Gasteiger partial charge in [-0.05, 0) is 25.0 Å². The Balaban J connectivity index is 0. The molecule has 2 fully saturated rings. The summed E-state index contributed by atoms with van der Waals surface area (Å²) >= 11 is 0.00694. The molecule has 2 bridgehead atoms. The van der Waals surface area contributed by atoms with Crippen LogP contribution in [0.25, 0.3) is 21.3 Å². The normalized spacial score (nSPS) is 31.8. The Hall–Kier alpha value is -0.431. The SMILES string of the molecule is C=CC[C@@H]1[N-]C2CCCCC2[N-]CC[N-][C@@H]2CCCC[C@H]2[N-][C@@H](CC=C)c2cccc1n2.[Cl][Mn][Cl].[HH].[HH].[HH].[HH]. The van der Waals surface area contributed by atoms with E-state index in [9.17, 15) is 0 Å². The number of nitrogens with zero attached hydrogens (tertiary/aromatic N) is 5. The first-order valence-corrected chi connectivity index (χ1v) is 16.2. The van der Waals surface area contributed by atoms with E-state index in [1.165, 1.54) is 25.7 Å². The number of halogens is 2. The molecule has 2 heterocycles. The monoisotopic (exact) mass is 566 g/mol. The molecule has 1 aliphatic heterocycles. The van der Waals surface area contributed by atoms with Crippen molar-refractivity contribution in [3.63, 3.8) is 0 Å². The molecule has 35 heavy (non-hydrogen) atoms. The molecule has 4 rings (SSSR count). The zero-order chi connectivity index (χ0) is 24.9. The molecular weight excluding hydrogens is 520 g/mol. The number of fused-ring (bicyclic) bond motifs is 4. The van der Waals surface area contributed by atoms with Gasteiger partial charge >= 0.3 is 33.3 Å². The maximum atomic E-state index is 5.31. The van der Waals surface area contributed by atoms with Crippen LogP contribution in [-0.2, 0) is 13.1 Å². The van der Waals surface area contributed by atoms with Gasteiger partial charge in [-0.2, -0.15) is 37.3 Å². The van der Waals surface area contributed by atoms with Crippen molar-refractivity contribution in [3.05, 3.63) is 76.2 Å². The third-order valence-corrected chi connectivity index (χ3v) is 7.21. The number of pyridine rings is 1. The Bertz CT molecular complexity index is 728. The van der Waals surface area contributed by atoms with Crippen molar-refractivity contribution in [3.8, 4) is 0 Å². The number of rotatable bonds is 4. The van der Waals surface area contributed by atoms with Crippen molar-refractivity contribution in [2.24, 2.45) is 0 Å². The van der Waals surface area contributed by atoms with E-state index < -0.39 is 0 Å². The topological polar surface area (TPSA) is 69.3 Å². The quantitative estimate of drug-likeness (QED) is 0.264. The largest absolute Gasteiger partial charge is 0 e. The van der Waals surface area contributed by atoms with Gasteiger partial charge in [0.1, 0.15) is 0 Å². The predicted molar refractivity (Wildman–Crippen MR) is 155 cm³/mol. The second kappa shape index (κ2) is 16.4. The summed E-state index contributed by atoms with van der Waals surface area (Å²) in [7, 11) is 9.59. The van der Waals surface area contributed by atoms with Gasteiger partial charge in [0.25, 0.3) is 0 Å². The molecule has 2 aliphatic carbocycles. The molecule has 0 saturated heterocycles. The molecule has 2 saturated carbocycles. The molecule has 205 valence electrons. The van der Waals surface area contributed by atoms with Crippen LogP contribution in [0.15, 0.2) is 43.5 Å². The van der Waals surface area contributed by atoms with Crippen LogP contribution in [0.4, 0.5) is 0 Å². The van der Waals surface area contributed by atoms with Crippen molar-refractivity contribution in [2.75, 3.05) is 13.1 Å². The Labute approximate surface area is 233 Å². The first kappa shape index (κ1) is 29.1. The second-order valence-corrected chi connectivity index (χ2v) is 11.5. The Morgan fingerprint density at radius 2 is 1.20 bits per heavy atom. The molecule has 6 atom stereocenters. The van der Waals surface area contributed by atoms with E-state index in [-0.39, 0.29) is 43.0 Å². The van der Waals surface area contributed by atoms with Crippen LogP contribution in [-0.4, -0.2) is 42.2 Å². The minimum absolute atomic E-state index is 0. The summed E-state index contributed by atoms with van der Waals surface area (Å²) in [4.78, 5) is 5.11. The van der Waals surface area contributed by atoms with E-state index in [4.69, 9.17) is 46.4 Å². The van der Waals surface area contributed by atoms with Crippen LogP contribution < -0.4 is 0 Å². The molecule has 8 heteroatoms. The fraction of sp³-hybridized carbons (Fsp3) is 0.667. The number of hydrogen-bond acceptors (Lipinski definition) is 1. The molecule has 2 unspecified atom stereocenters. The average molecular weight is 568 g/mol. The first-order valence-electron chi connectivity index (χ1n) is 13.0. The average Bonchev–Trinajstić information content (AvgIpc) is 2.88. The molecule has 0 N–H and O–H groups in total. The van der Waals surface area contributed by atoms with Crippen LogP contribution in [0.1, 0.15) is 93.4 Å². The summed E-state index contributed by atoms with van der Waals surface area (Å²) < 4.78 is 0. The third-order valence-electron chi connectivity index (χ3n) is 7.21. The molecule has 3 aliphatic rings. The van der Waals surface area contributed by atoms with E-state index in [0.717, 1.165) is 63.0 Å². The Morgan fingerprint density at radius 3 is 1.60 bits per heavy atom. The van der Waals surface area contributed by atoms with Gasteiger partial charge in [0, 0.05) is 17.1 Å². The zero-order valence-corrected chi connectivity index (χ0v) is 23.3. The van der Waals surface area contributed by atoms with E-state index >= 15 is 0 Å². The van der Waals surface area contributed by atoms with Gasteiger partial charge in [0.15, 0.2) is 0 Å². The van der Waals surface area contributed by atoms with Crippen LogP contribution in [0.2, 0.25) is 0 Å². The molecule has 1 aromatic rings. The van der Waals surface area contributed by atoms with Gasteiger partial charge in [0.2, 0.25) is 0 Å². The molecule has 1 aromatic heterocycles. The molecule has 5 nitrogen and oxygen atoms in total. The summed E-state index contributed by atoms with van der Waals surface area (Å²) in [5.74, 6) is 0. The van der Waals surface area contributed by atoms with Gasteiger partial charge in [0.05, 0.1) is 0 Å². The summed E-state index contributed by atoms with van der Waals surface area (Å²) in [5, 5.41) is 20.8. The molecular formula is C27H47Cl2MnN5-4. The minimum Gasteiger partial charge on any atom is 0 e. The molecule has 0 radical (unpaired) electrons. The maximum absolute atomic E-state index is 5.31. The first-order chi connectivity index (χ1) is 17.2. The van der Waals surface area contributed by atoms with Crippen LogP contribution in [0, 0.1) is 0 Å². The fourth-order valence-electron chi connectivity index (χ4n) is 5.54. The van der Waals surface area contributed by atoms with E-state index in [1.807, 2.05) is 12.2 Å². The standard InChI is InChI=1S/C27H39N5.2ClH.Mn.4H2/c1-3-10-22-26-16-9-17-27(32-26)23(11-4-2)31-25-15-8-6-13-21(25)29-19-18-28-20-12-5-7-14-24(20)30-22;;;;;;;/h3-4,9,16-17,20-25H,1-2,5-8,10-15,18-19H2;2*1H;;4*1H/q-4;;;+2;;;;/p-2/t20-,21?,22+,23+,24-,25?;;;;;;;/m1......./s1. The van der Waals surface area contributed by atoms with Crippen molar-refractivity contribution in [1.29, 1.82) is 0 Å². The van der Waals surface area contributed by atoms with Crippen molar-refractivity contribution in [2.45, 2.75) is 100 Å². The van der Waals surface area contributed by atoms with Crippen molar-refractivity contribution < 1.29 is 18.8 Å². The van der Waals surface area contributed by atoms with Gasteiger partial charge < -0.3 is 21.3 Å². The van der Waals surface area contributed by atoms with Crippen molar-refractivity contribution >= 4 is 20.2 Å². The van der Waals surface area contributed by atoms with Crippen LogP contribution >= 0.6 is 20.2 Å². The summed E-state index contributed by atoms with van der Waals surface area (Å²) in [6.07, 6.45) is 15.1. The summed E-state index contributed by atoms with van der Waals surface area (Å²) in [6, 6.07) is 7.64. The van der Waals surface area contributed by atoms with Crippen molar-refractivity contribution in [1.82, 2.24) is 4.98 Å². The van der Waals surface area contributed by atoms with E-state index in [0.29, 0.717) is 12.1 Å². The second-order valence-electron chi connectivity index (χ2n) is 9.57. The third kappa shape index (κ3) is 9.12. The molecule has 0 aromatic carbocycles.